The van der Waals surface area contributed by atoms with Crippen molar-refractivity contribution < 1.29 is 9.21 Å². The lowest BCUT2D eigenvalue weighted by molar-refractivity contribution is -0.123. The third kappa shape index (κ3) is 3.52. The number of hydrogen-bond acceptors (Lipinski definition) is 6. The first-order chi connectivity index (χ1) is 13.2. The molecule has 2 aromatic heterocycles. The molecule has 28 heavy (non-hydrogen) atoms. The molecule has 3 heterocycles. The minimum atomic E-state index is -0.552. The van der Waals surface area contributed by atoms with Gasteiger partial charge in [-0.25, -0.2) is 4.98 Å². The summed E-state index contributed by atoms with van der Waals surface area (Å²) >= 11 is 6.19. The number of carbonyl (C=O) groups is 1. The number of rotatable bonds is 2. The van der Waals surface area contributed by atoms with Crippen molar-refractivity contribution in [2.75, 3.05) is 29.9 Å². The highest BCUT2D eigenvalue weighted by Gasteiger charge is 2.26. The van der Waals surface area contributed by atoms with E-state index in [1.54, 1.807) is 6.07 Å². The fourth-order valence-electron chi connectivity index (χ4n) is 3.29. The molecule has 7 nitrogen and oxygen atoms in total. The third-order valence-electron chi connectivity index (χ3n) is 4.83. The number of nitrogens with zero attached hydrogens (tertiary/aromatic N) is 3. The molecule has 148 valence electrons. The van der Waals surface area contributed by atoms with E-state index in [9.17, 15) is 4.79 Å². The van der Waals surface area contributed by atoms with Gasteiger partial charge in [0.15, 0.2) is 11.4 Å². The SMILES string of the molecule is C[C@H]1CN(c2nc(NC(=O)C(C)(C)C)nc3c2oc2ccc(Cl)cc23)CCN1. The largest absolute Gasteiger partial charge is 0.450 e. The minimum absolute atomic E-state index is 0.141. The zero-order valence-electron chi connectivity index (χ0n) is 16.5. The van der Waals surface area contributed by atoms with Gasteiger partial charge in [-0.2, -0.15) is 4.98 Å². The minimum Gasteiger partial charge on any atom is -0.450 e. The normalized spacial score (nSPS) is 18.0. The molecular formula is C20H24ClN5O2. The van der Waals surface area contributed by atoms with Crippen LogP contribution >= 0.6 is 11.6 Å². The molecule has 0 radical (unpaired) electrons. The fraction of sp³-hybridized carbons (Fsp3) is 0.450. The molecule has 0 spiro atoms. The summed E-state index contributed by atoms with van der Waals surface area (Å²) in [5.74, 6) is 0.823. The number of piperazine rings is 1. The van der Waals surface area contributed by atoms with Crippen molar-refractivity contribution in [1.82, 2.24) is 15.3 Å². The zero-order valence-corrected chi connectivity index (χ0v) is 17.2. The number of aromatic nitrogens is 2. The van der Waals surface area contributed by atoms with Gasteiger partial charge < -0.3 is 14.6 Å². The Morgan fingerprint density at radius 3 is 2.86 bits per heavy atom. The number of carbonyl (C=O) groups excluding carboxylic acids is 1. The summed E-state index contributed by atoms with van der Waals surface area (Å²) in [6, 6.07) is 5.77. The van der Waals surface area contributed by atoms with Gasteiger partial charge in [0, 0.05) is 41.5 Å². The summed E-state index contributed by atoms with van der Waals surface area (Å²) in [7, 11) is 0. The highest BCUT2D eigenvalue weighted by Crippen LogP contribution is 2.35. The molecule has 8 heteroatoms. The summed E-state index contributed by atoms with van der Waals surface area (Å²) in [4.78, 5) is 23.9. The number of anilines is 2. The van der Waals surface area contributed by atoms with Crippen LogP contribution in [-0.2, 0) is 4.79 Å². The molecule has 1 amide bonds. The fourth-order valence-corrected chi connectivity index (χ4v) is 3.46. The highest BCUT2D eigenvalue weighted by atomic mass is 35.5. The van der Waals surface area contributed by atoms with E-state index in [0.29, 0.717) is 33.6 Å². The predicted octanol–water partition coefficient (Wildman–Crippen LogP) is 3.81. The number of fused-ring (bicyclic) bond motifs is 3. The molecule has 1 atom stereocenters. The van der Waals surface area contributed by atoms with E-state index in [-0.39, 0.29) is 11.9 Å². The molecule has 0 bridgehead atoms. The number of nitrogens with one attached hydrogen (secondary N) is 2. The van der Waals surface area contributed by atoms with Crippen LogP contribution in [0.2, 0.25) is 5.02 Å². The average Bonchev–Trinajstić information content (AvgIpc) is 2.98. The summed E-state index contributed by atoms with van der Waals surface area (Å²) in [6.45, 7) is 10.1. The average molecular weight is 402 g/mol. The number of benzene rings is 1. The Kier molecular flexibility index (Phi) is 4.67. The Bertz CT molecular complexity index is 1060. The molecule has 3 aromatic rings. The maximum Gasteiger partial charge on any atom is 0.232 e. The predicted molar refractivity (Wildman–Crippen MR) is 112 cm³/mol. The first-order valence-corrected chi connectivity index (χ1v) is 9.80. The molecule has 1 aliphatic rings. The number of halogens is 1. The van der Waals surface area contributed by atoms with E-state index in [0.717, 1.165) is 25.0 Å². The monoisotopic (exact) mass is 401 g/mol. The lowest BCUT2D eigenvalue weighted by atomic mass is 9.96. The summed E-state index contributed by atoms with van der Waals surface area (Å²) in [5.41, 5.74) is 1.40. The molecule has 0 aliphatic carbocycles. The Morgan fingerprint density at radius 2 is 2.14 bits per heavy atom. The van der Waals surface area contributed by atoms with Gasteiger partial charge in [-0.15, -0.1) is 0 Å². The van der Waals surface area contributed by atoms with Crippen LogP contribution in [0.5, 0.6) is 0 Å². The van der Waals surface area contributed by atoms with Crippen molar-refractivity contribution in [2.24, 2.45) is 5.41 Å². The van der Waals surface area contributed by atoms with Crippen molar-refractivity contribution in [3.05, 3.63) is 23.2 Å². The quantitative estimate of drug-likeness (QED) is 0.679. The number of amides is 1. The van der Waals surface area contributed by atoms with Crippen LogP contribution in [0.3, 0.4) is 0 Å². The topological polar surface area (TPSA) is 83.3 Å². The second-order valence-electron chi connectivity index (χ2n) is 8.30. The molecule has 1 aromatic carbocycles. The molecule has 2 N–H and O–H groups in total. The van der Waals surface area contributed by atoms with Crippen LogP contribution in [0, 0.1) is 5.41 Å². The number of furan rings is 1. The van der Waals surface area contributed by atoms with Gasteiger partial charge in [0.05, 0.1) is 0 Å². The van der Waals surface area contributed by atoms with Gasteiger partial charge in [0.25, 0.3) is 0 Å². The second-order valence-corrected chi connectivity index (χ2v) is 8.73. The molecule has 1 saturated heterocycles. The molecule has 4 rings (SSSR count). The maximum absolute atomic E-state index is 12.5. The molecule has 1 aliphatic heterocycles. The van der Waals surface area contributed by atoms with Crippen LogP contribution in [-0.4, -0.2) is 41.6 Å². The highest BCUT2D eigenvalue weighted by molar-refractivity contribution is 6.31. The first-order valence-electron chi connectivity index (χ1n) is 9.42. The molecule has 1 fully saturated rings. The maximum atomic E-state index is 12.5. The Labute approximate surface area is 168 Å². The van der Waals surface area contributed by atoms with E-state index in [1.165, 1.54) is 0 Å². The van der Waals surface area contributed by atoms with Gasteiger partial charge in [0.2, 0.25) is 11.9 Å². The van der Waals surface area contributed by atoms with Crippen molar-refractivity contribution in [3.63, 3.8) is 0 Å². The van der Waals surface area contributed by atoms with Gasteiger partial charge in [-0.3, -0.25) is 10.1 Å². The summed E-state index contributed by atoms with van der Waals surface area (Å²) < 4.78 is 6.10. The van der Waals surface area contributed by atoms with Gasteiger partial charge in [-0.1, -0.05) is 32.4 Å². The Morgan fingerprint density at radius 1 is 1.36 bits per heavy atom. The van der Waals surface area contributed by atoms with E-state index in [2.05, 4.69) is 32.4 Å². The smallest absolute Gasteiger partial charge is 0.232 e. The second kappa shape index (κ2) is 6.90. The standard InChI is InChI=1S/C20H24ClN5O2/c1-11-10-26(8-7-22-11)17-16-15(13-9-12(21)5-6-14(13)28-16)23-19(24-17)25-18(27)20(2,3)4/h5-6,9,11,22H,7-8,10H2,1-4H3,(H,23,24,25,27)/t11-/m0/s1. The number of hydrogen-bond donors (Lipinski definition) is 2. The van der Waals surface area contributed by atoms with E-state index >= 15 is 0 Å². The van der Waals surface area contributed by atoms with E-state index in [4.69, 9.17) is 16.0 Å². The van der Waals surface area contributed by atoms with Crippen LogP contribution in [0.25, 0.3) is 22.1 Å². The van der Waals surface area contributed by atoms with Crippen molar-refractivity contribution in [3.8, 4) is 0 Å². The van der Waals surface area contributed by atoms with Crippen molar-refractivity contribution in [2.45, 2.75) is 33.7 Å². The van der Waals surface area contributed by atoms with Crippen LogP contribution < -0.4 is 15.5 Å². The van der Waals surface area contributed by atoms with E-state index in [1.807, 2.05) is 32.9 Å². The zero-order chi connectivity index (χ0) is 20.1. The first kappa shape index (κ1) is 19.0. The Balaban J connectivity index is 1.89. The van der Waals surface area contributed by atoms with Crippen LogP contribution in [0.4, 0.5) is 11.8 Å². The molecule has 0 saturated carbocycles. The van der Waals surface area contributed by atoms with Gasteiger partial charge in [0.1, 0.15) is 11.1 Å². The lowest BCUT2D eigenvalue weighted by Gasteiger charge is -2.32. The van der Waals surface area contributed by atoms with Crippen molar-refractivity contribution >= 4 is 51.3 Å². The van der Waals surface area contributed by atoms with Crippen LogP contribution in [0.15, 0.2) is 22.6 Å². The third-order valence-corrected chi connectivity index (χ3v) is 5.07. The van der Waals surface area contributed by atoms with Crippen molar-refractivity contribution in [1.29, 1.82) is 0 Å². The van der Waals surface area contributed by atoms with Gasteiger partial charge in [-0.05, 0) is 25.1 Å². The van der Waals surface area contributed by atoms with Crippen LogP contribution in [0.1, 0.15) is 27.7 Å². The molecule has 0 unspecified atom stereocenters. The lowest BCUT2D eigenvalue weighted by Crippen LogP contribution is -2.49. The Hall–Kier alpha value is -2.38. The summed E-state index contributed by atoms with van der Waals surface area (Å²) in [5, 5.41) is 7.69. The van der Waals surface area contributed by atoms with E-state index < -0.39 is 5.41 Å². The summed E-state index contributed by atoms with van der Waals surface area (Å²) in [6.07, 6.45) is 0. The van der Waals surface area contributed by atoms with Gasteiger partial charge >= 0.3 is 0 Å². The molecular weight excluding hydrogens is 378 g/mol.